The molecule has 40 heavy (non-hydrogen) atoms. The molecule has 0 amide bonds. The van der Waals surface area contributed by atoms with E-state index < -0.39 is 83.6 Å². The minimum Gasteiger partial charge on any atom is -0.463 e. The lowest BCUT2D eigenvalue weighted by Crippen LogP contribution is -2.61. The largest absolute Gasteiger partial charge is 0.463 e. The zero-order chi connectivity index (χ0) is 29.7. The molecule has 0 bridgehead atoms. The van der Waals surface area contributed by atoms with Crippen molar-refractivity contribution in [2.75, 3.05) is 6.61 Å². The van der Waals surface area contributed by atoms with Crippen LogP contribution >= 0.6 is 11.8 Å². The van der Waals surface area contributed by atoms with Crippen LogP contribution in [0.15, 0.2) is 34.9 Å². The number of carbonyl (C=O) groups excluding carboxylic acids is 7. The van der Waals surface area contributed by atoms with Crippen LogP contribution in [0.1, 0.15) is 55.3 Å². The lowest BCUT2D eigenvalue weighted by molar-refractivity contribution is -0.237. The third kappa shape index (κ3) is 7.12. The molecule has 1 aromatic rings. The average Bonchev–Trinajstić information content (AvgIpc) is 2.85. The Balaban J connectivity index is 2.14. The molecule has 1 saturated heterocycles. The highest BCUT2D eigenvalue weighted by Crippen LogP contribution is 2.42. The van der Waals surface area contributed by atoms with Crippen LogP contribution in [0, 0.1) is 0 Å². The van der Waals surface area contributed by atoms with Crippen molar-refractivity contribution >= 4 is 53.2 Å². The van der Waals surface area contributed by atoms with Gasteiger partial charge < -0.3 is 28.4 Å². The van der Waals surface area contributed by atoms with Gasteiger partial charge in [0.2, 0.25) is 11.6 Å². The maximum absolute atomic E-state index is 13.5. The van der Waals surface area contributed by atoms with Crippen LogP contribution in [0.5, 0.6) is 0 Å². The van der Waals surface area contributed by atoms with Gasteiger partial charge in [-0.25, -0.2) is 0 Å². The summed E-state index contributed by atoms with van der Waals surface area (Å²) in [5.41, 5.74) is -1.38. The molecule has 214 valence electrons. The van der Waals surface area contributed by atoms with Crippen LogP contribution in [0.3, 0.4) is 0 Å². The monoisotopic (exact) mass is 578 g/mol. The molecule has 3 rings (SSSR count). The van der Waals surface area contributed by atoms with Crippen LogP contribution in [0.25, 0.3) is 0 Å². The van der Waals surface area contributed by atoms with E-state index in [1.807, 2.05) is 0 Å². The molecule has 1 aliphatic carbocycles. The number of ketones is 2. The highest BCUT2D eigenvalue weighted by molar-refractivity contribution is 8.04. The fourth-order valence-electron chi connectivity index (χ4n) is 4.07. The van der Waals surface area contributed by atoms with Gasteiger partial charge in [-0.15, -0.1) is 0 Å². The molecule has 0 spiro atoms. The van der Waals surface area contributed by atoms with E-state index in [-0.39, 0.29) is 16.0 Å². The topological polar surface area (TPSA) is 175 Å². The van der Waals surface area contributed by atoms with Gasteiger partial charge >= 0.3 is 29.8 Å². The number of rotatable bonds is 8. The highest BCUT2D eigenvalue weighted by atomic mass is 32.2. The highest BCUT2D eigenvalue weighted by Gasteiger charge is 2.53. The first-order valence-corrected chi connectivity index (χ1v) is 12.8. The van der Waals surface area contributed by atoms with Gasteiger partial charge in [-0.2, -0.15) is 0 Å². The van der Waals surface area contributed by atoms with Crippen molar-refractivity contribution in [3.05, 3.63) is 46.1 Å². The summed E-state index contributed by atoms with van der Waals surface area (Å²) in [7, 11) is 0. The molecule has 1 aromatic carbocycles. The molecular weight excluding hydrogens is 552 g/mol. The predicted molar refractivity (Wildman–Crippen MR) is 133 cm³/mol. The Hall–Kier alpha value is -4.04. The zero-order valence-electron chi connectivity index (χ0n) is 22.1. The van der Waals surface area contributed by atoms with Gasteiger partial charge in [-0.1, -0.05) is 36.0 Å². The van der Waals surface area contributed by atoms with E-state index in [0.29, 0.717) is 11.8 Å². The fourth-order valence-corrected chi connectivity index (χ4v) is 5.31. The number of fused-ring (bicyclic) bond motifs is 1. The van der Waals surface area contributed by atoms with Crippen LogP contribution in [-0.4, -0.2) is 77.9 Å². The first kappa shape index (κ1) is 30.5. The smallest absolute Gasteiger partial charge is 0.308 e. The lowest BCUT2D eigenvalue weighted by atomic mass is 9.93. The molecular formula is C26H26O13S. The van der Waals surface area contributed by atoms with Crippen molar-refractivity contribution in [2.24, 2.45) is 0 Å². The summed E-state index contributed by atoms with van der Waals surface area (Å²) >= 11 is 0.567. The van der Waals surface area contributed by atoms with Crippen LogP contribution in [0.2, 0.25) is 0 Å². The molecule has 0 saturated carbocycles. The summed E-state index contributed by atoms with van der Waals surface area (Å²) in [6.45, 7) is 4.89. The van der Waals surface area contributed by atoms with E-state index >= 15 is 0 Å². The van der Waals surface area contributed by atoms with E-state index in [0.717, 1.165) is 34.6 Å². The molecule has 1 fully saturated rings. The second-order valence-corrected chi connectivity index (χ2v) is 9.75. The Kier molecular flexibility index (Phi) is 9.82. The van der Waals surface area contributed by atoms with Crippen molar-refractivity contribution < 1.29 is 62.0 Å². The Morgan fingerprint density at radius 1 is 0.725 bits per heavy atom. The second kappa shape index (κ2) is 12.9. The van der Waals surface area contributed by atoms with Crippen LogP contribution < -0.4 is 0 Å². The molecule has 2 aliphatic rings. The summed E-state index contributed by atoms with van der Waals surface area (Å²) in [4.78, 5) is 85.8. The molecule has 0 aromatic heterocycles. The summed E-state index contributed by atoms with van der Waals surface area (Å²) in [5, 5.41) is 0. The van der Waals surface area contributed by atoms with Crippen molar-refractivity contribution in [1.82, 2.24) is 0 Å². The van der Waals surface area contributed by atoms with E-state index in [2.05, 4.69) is 0 Å². The Morgan fingerprint density at radius 3 is 1.77 bits per heavy atom. The molecule has 0 unspecified atom stereocenters. The number of thioether (sulfide) groups is 1. The quantitative estimate of drug-likeness (QED) is 0.321. The number of benzene rings is 1. The third-order valence-corrected chi connectivity index (χ3v) is 6.68. The number of allylic oxidation sites excluding steroid dienone is 2. The molecule has 13 nitrogen and oxygen atoms in total. The van der Waals surface area contributed by atoms with E-state index in [1.165, 1.54) is 24.3 Å². The number of esters is 5. The number of hydrogen-bond donors (Lipinski definition) is 0. The first-order chi connectivity index (χ1) is 18.8. The molecule has 14 heteroatoms. The second-order valence-electron chi connectivity index (χ2n) is 8.64. The SMILES string of the molecule is CC(=O)OC[C@H]1O[C@@H](SC2=C(OC(C)=O)C(=O)c3ccccc3C2=O)[C@H](OC(C)=O)[C@@H](OC(C)=O)[C@@H]1OC(C)=O. The van der Waals surface area contributed by atoms with Crippen molar-refractivity contribution in [3.8, 4) is 0 Å². The fraction of sp³-hybridized carbons (Fsp3) is 0.423. The Labute approximate surface area is 232 Å². The third-order valence-electron chi connectivity index (χ3n) is 5.46. The van der Waals surface area contributed by atoms with Crippen molar-refractivity contribution in [1.29, 1.82) is 0 Å². The van der Waals surface area contributed by atoms with Crippen LogP contribution in [0.4, 0.5) is 0 Å². The number of ether oxygens (including phenoxy) is 6. The molecule has 0 N–H and O–H groups in total. The molecule has 5 atom stereocenters. The maximum Gasteiger partial charge on any atom is 0.308 e. The van der Waals surface area contributed by atoms with Gasteiger partial charge in [0.05, 0.1) is 0 Å². The average molecular weight is 579 g/mol. The minimum atomic E-state index is -1.50. The normalized spacial score (nSPS) is 24.0. The molecule has 1 aliphatic heterocycles. The Bertz CT molecular complexity index is 1280. The van der Waals surface area contributed by atoms with E-state index in [4.69, 9.17) is 28.4 Å². The molecule has 1 heterocycles. The number of hydrogen-bond acceptors (Lipinski definition) is 14. The van der Waals surface area contributed by atoms with E-state index in [1.54, 1.807) is 0 Å². The standard InChI is InChI=1S/C26H26O13S/c1-11(27)34-10-18-21(35-12(2)28)23(37-14(4)30)24(38-15(5)31)26(39-18)40-25-20(33)17-9-7-6-8-16(17)19(32)22(25)36-13(3)29/h6-9,18,21,23-24,26H,10H2,1-5H3/t18-,21-,23+,24-,26+/m1/s1. The summed E-state index contributed by atoms with van der Waals surface area (Å²) in [6, 6.07) is 5.88. The molecule has 0 radical (unpaired) electrons. The maximum atomic E-state index is 13.5. The van der Waals surface area contributed by atoms with E-state index in [9.17, 15) is 33.6 Å². The van der Waals surface area contributed by atoms with Crippen molar-refractivity contribution in [2.45, 2.75) is 64.5 Å². The Morgan fingerprint density at radius 2 is 1.25 bits per heavy atom. The van der Waals surface area contributed by atoms with Crippen molar-refractivity contribution in [3.63, 3.8) is 0 Å². The number of Topliss-reactive ketones (excluding diaryl/α,β-unsaturated/α-hetero) is 2. The van der Waals surface area contributed by atoms with Gasteiger partial charge in [0, 0.05) is 45.7 Å². The lowest BCUT2D eigenvalue weighted by Gasteiger charge is -2.44. The summed E-state index contributed by atoms with van der Waals surface area (Å²) in [5.74, 6) is -6.09. The van der Waals surface area contributed by atoms with Gasteiger partial charge in [0.1, 0.15) is 23.1 Å². The zero-order valence-corrected chi connectivity index (χ0v) is 22.9. The summed E-state index contributed by atoms with van der Waals surface area (Å²) in [6.07, 6.45) is -5.68. The van der Waals surface area contributed by atoms with Gasteiger partial charge in [0.25, 0.3) is 0 Å². The summed E-state index contributed by atoms with van der Waals surface area (Å²) < 4.78 is 32.3. The minimum absolute atomic E-state index is 0.00893. The van der Waals surface area contributed by atoms with Gasteiger partial charge in [0.15, 0.2) is 24.1 Å². The first-order valence-electron chi connectivity index (χ1n) is 11.9. The van der Waals surface area contributed by atoms with Crippen LogP contribution in [-0.2, 0) is 52.4 Å². The number of carbonyl (C=O) groups is 7. The predicted octanol–water partition coefficient (Wildman–Crippen LogP) is 1.66. The van der Waals surface area contributed by atoms with Gasteiger partial charge in [-0.3, -0.25) is 33.6 Å². The van der Waals surface area contributed by atoms with Gasteiger partial charge in [-0.05, 0) is 0 Å².